The predicted molar refractivity (Wildman–Crippen MR) is 104 cm³/mol. The van der Waals surface area contributed by atoms with Crippen LogP contribution in [-0.4, -0.2) is 39.3 Å². The van der Waals surface area contributed by atoms with Crippen molar-refractivity contribution in [3.05, 3.63) is 42.2 Å². The SMILES string of the molecule is Cn1ccnc1SC1CCC(NC(=O)COc2ccccc2C(N)=O)CC1. The highest BCUT2D eigenvalue weighted by molar-refractivity contribution is 7.99. The van der Waals surface area contributed by atoms with Gasteiger partial charge in [0.25, 0.3) is 11.8 Å². The fourth-order valence-corrected chi connectivity index (χ4v) is 4.30. The fourth-order valence-electron chi connectivity index (χ4n) is 3.15. The molecule has 0 atom stereocenters. The zero-order chi connectivity index (χ0) is 19.2. The molecule has 0 spiro atoms. The molecular formula is C19H24N4O3S. The molecule has 0 radical (unpaired) electrons. The van der Waals surface area contributed by atoms with Crippen molar-refractivity contribution < 1.29 is 14.3 Å². The van der Waals surface area contributed by atoms with Crippen molar-refractivity contribution in [1.82, 2.24) is 14.9 Å². The van der Waals surface area contributed by atoms with Crippen molar-refractivity contribution in [2.45, 2.75) is 42.1 Å². The molecular weight excluding hydrogens is 364 g/mol. The number of benzene rings is 1. The maximum absolute atomic E-state index is 12.2. The summed E-state index contributed by atoms with van der Waals surface area (Å²) in [6.45, 7) is -0.133. The van der Waals surface area contributed by atoms with Gasteiger partial charge in [0, 0.05) is 30.7 Å². The molecule has 27 heavy (non-hydrogen) atoms. The molecule has 2 amide bonds. The average molecular weight is 388 g/mol. The molecule has 3 rings (SSSR count). The Bertz CT molecular complexity index is 800. The molecule has 1 fully saturated rings. The first-order chi connectivity index (χ1) is 13.0. The molecule has 1 aromatic heterocycles. The molecule has 7 nitrogen and oxygen atoms in total. The lowest BCUT2D eigenvalue weighted by Gasteiger charge is -2.28. The van der Waals surface area contributed by atoms with Gasteiger partial charge in [-0.15, -0.1) is 0 Å². The number of rotatable bonds is 7. The third kappa shape index (κ3) is 5.26. The second-order valence-electron chi connectivity index (χ2n) is 6.63. The van der Waals surface area contributed by atoms with E-state index in [-0.39, 0.29) is 24.1 Å². The summed E-state index contributed by atoms with van der Waals surface area (Å²) < 4.78 is 7.51. The Morgan fingerprint density at radius 3 is 2.70 bits per heavy atom. The van der Waals surface area contributed by atoms with E-state index in [9.17, 15) is 9.59 Å². The van der Waals surface area contributed by atoms with Gasteiger partial charge in [0.05, 0.1) is 5.56 Å². The molecule has 0 aliphatic heterocycles. The normalized spacial score (nSPS) is 19.4. The molecule has 1 aromatic carbocycles. The van der Waals surface area contributed by atoms with Gasteiger partial charge >= 0.3 is 0 Å². The number of hydrogen-bond donors (Lipinski definition) is 2. The van der Waals surface area contributed by atoms with Crippen molar-refractivity contribution in [1.29, 1.82) is 0 Å². The minimum atomic E-state index is -0.574. The molecule has 0 saturated heterocycles. The zero-order valence-corrected chi connectivity index (χ0v) is 16.1. The first-order valence-electron chi connectivity index (χ1n) is 8.98. The van der Waals surface area contributed by atoms with Crippen LogP contribution in [0, 0.1) is 0 Å². The quantitative estimate of drug-likeness (QED) is 0.757. The van der Waals surface area contributed by atoms with Crippen LogP contribution >= 0.6 is 11.8 Å². The smallest absolute Gasteiger partial charge is 0.258 e. The van der Waals surface area contributed by atoms with Crippen LogP contribution in [0.1, 0.15) is 36.0 Å². The number of hydrogen-bond acceptors (Lipinski definition) is 5. The summed E-state index contributed by atoms with van der Waals surface area (Å²) in [5.41, 5.74) is 5.59. The van der Waals surface area contributed by atoms with Crippen LogP contribution in [0.15, 0.2) is 41.8 Å². The number of aromatic nitrogens is 2. The maximum atomic E-state index is 12.2. The number of thioether (sulfide) groups is 1. The third-order valence-corrected chi connectivity index (χ3v) is 6.01. The van der Waals surface area contributed by atoms with Gasteiger partial charge < -0.3 is 20.4 Å². The molecule has 3 N–H and O–H groups in total. The van der Waals surface area contributed by atoms with Crippen LogP contribution in [0.4, 0.5) is 0 Å². The van der Waals surface area contributed by atoms with Gasteiger partial charge in [-0.1, -0.05) is 23.9 Å². The summed E-state index contributed by atoms with van der Waals surface area (Å²) in [5, 5.41) is 4.58. The number of primary amides is 1. The number of para-hydroxylation sites is 1. The maximum Gasteiger partial charge on any atom is 0.258 e. The highest BCUT2D eigenvalue weighted by atomic mass is 32.2. The number of aryl methyl sites for hydroxylation is 1. The predicted octanol–water partition coefficient (Wildman–Crippen LogP) is 2.12. The van der Waals surface area contributed by atoms with Crippen LogP contribution < -0.4 is 15.8 Å². The number of amides is 2. The van der Waals surface area contributed by atoms with Crippen molar-refractivity contribution in [3.8, 4) is 5.75 Å². The van der Waals surface area contributed by atoms with E-state index in [4.69, 9.17) is 10.5 Å². The first kappa shape index (κ1) is 19.3. The highest BCUT2D eigenvalue weighted by Crippen LogP contribution is 2.32. The molecule has 2 aromatic rings. The van der Waals surface area contributed by atoms with E-state index in [0.29, 0.717) is 11.0 Å². The van der Waals surface area contributed by atoms with Crippen molar-refractivity contribution in [3.63, 3.8) is 0 Å². The summed E-state index contributed by atoms with van der Waals surface area (Å²) in [7, 11) is 2.00. The Kier molecular flexibility index (Phi) is 6.39. The molecule has 8 heteroatoms. The van der Waals surface area contributed by atoms with Crippen LogP contribution in [0.3, 0.4) is 0 Å². The van der Waals surface area contributed by atoms with Gasteiger partial charge in [0.2, 0.25) is 0 Å². The minimum absolute atomic E-state index is 0.133. The number of imidazole rings is 1. The number of nitrogens with two attached hydrogens (primary N) is 1. The molecule has 144 valence electrons. The summed E-state index contributed by atoms with van der Waals surface area (Å²) >= 11 is 1.80. The van der Waals surface area contributed by atoms with E-state index < -0.39 is 5.91 Å². The molecule has 0 bridgehead atoms. The molecule has 1 saturated carbocycles. The van der Waals surface area contributed by atoms with Gasteiger partial charge in [0.1, 0.15) is 5.75 Å². The van der Waals surface area contributed by atoms with E-state index in [2.05, 4.69) is 10.3 Å². The fraction of sp³-hybridized carbons (Fsp3) is 0.421. The van der Waals surface area contributed by atoms with Crippen molar-refractivity contribution in [2.75, 3.05) is 6.61 Å². The van der Waals surface area contributed by atoms with Crippen LogP contribution in [0.2, 0.25) is 0 Å². The summed E-state index contributed by atoms with van der Waals surface area (Å²) in [6, 6.07) is 6.81. The summed E-state index contributed by atoms with van der Waals surface area (Å²) in [5.74, 6) is -0.431. The largest absolute Gasteiger partial charge is 0.483 e. The highest BCUT2D eigenvalue weighted by Gasteiger charge is 2.24. The first-order valence-corrected chi connectivity index (χ1v) is 9.86. The number of ether oxygens (including phenoxy) is 1. The molecule has 1 heterocycles. The number of nitrogens with zero attached hydrogens (tertiary/aromatic N) is 2. The average Bonchev–Trinajstić information content (AvgIpc) is 3.06. The Balaban J connectivity index is 1.42. The van der Waals surface area contributed by atoms with Gasteiger partial charge in [-0.25, -0.2) is 4.98 Å². The van der Waals surface area contributed by atoms with Crippen LogP contribution in [0.5, 0.6) is 5.75 Å². The second kappa shape index (κ2) is 8.94. The third-order valence-electron chi connectivity index (χ3n) is 4.60. The van der Waals surface area contributed by atoms with Gasteiger partial charge in [-0.3, -0.25) is 9.59 Å². The Morgan fingerprint density at radius 1 is 1.30 bits per heavy atom. The van der Waals surface area contributed by atoms with Crippen LogP contribution in [-0.2, 0) is 11.8 Å². The monoisotopic (exact) mass is 388 g/mol. The van der Waals surface area contributed by atoms with Crippen molar-refractivity contribution in [2.24, 2.45) is 12.8 Å². The van der Waals surface area contributed by atoms with Crippen LogP contribution in [0.25, 0.3) is 0 Å². The lowest BCUT2D eigenvalue weighted by molar-refractivity contribution is -0.124. The topological polar surface area (TPSA) is 99.2 Å². The Labute approximate surface area is 162 Å². The van der Waals surface area contributed by atoms with E-state index in [1.807, 2.05) is 24.0 Å². The van der Waals surface area contributed by atoms with Crippen molar-refractivity contribution >= 4 is 23.6 Å². The van der Waals surface area contributed by atoms with E-state index in [1.165, 1.54) is 0 Å². The standard InChI is InChI=1S/C19H24N4O3S/c1-23-11-10-21-19(23)27-14-8-6-13(7-9-14)22-17(24)12-26-16-5-3-2-4-15(16)18(20)25/h2-5,10-11,13-14H,6-9,12H2,1H3,(H2,20,25)(H,22,24). The lowest BCUT2D eigenvalue weighted by atomic mass is 9.95. The summed E-state index contributed by atoms with van der Waals surface area (Å²) in [4.78, 5) is 27.9. The molecule has 1 aliphatic carbocycles. The number of carbonyl (C=O) groups is 2. The van der Waals surface area contributed by atoms with Gasteiger partial charge in [-0.2, -0.15) is 0 Å². The summed E-state index contributed by atoms with van der Waals surface area (Å²) in [6.07, 6.45) is 7.70. The van der Waals surface area contributed by atoms with E-state index >= 15 is 0 Å². The Hall–Kier alpha value is -2.48. The minimum Gasteiger partial charge on any atom is -0.483 e. The van der Waals surface area contributed by atoms with E-state index in [1.54, 1.807) is 36.0 Å². The lowest BCUT2D eigenvalue weighted by Crippen LogP contribution is -2.40. The van der Waals surface area contributed by atoms with E-state index in [0.717, 1.165) is 30.8 Å². The molecule has 1 aliphatic rings. The second-order valence-corrected chi connectivity index (χ2v) is 7.90. The molecule has 0 unspecified atom stereocenters. The van der Waals surface area contributed by atoms with Gasteiger partial charge in [0.15, 0.2) is 11.8 Å². The Morgan fingerprint density at radius 2 is 2.04 bits per heavy atom. The van der Waals surface area contributed by atoms with Gasteiger partial charge in [-0.05, 0) is 37.8 Å². The number of nitrogens with one attached hydrogen (secondary N) is 1. The number of carbonyl (C=O) groups excluding carboxylic acids is 2. The zero-order valence-electron chi connectivity index (χ0n) is 15.3.